The number of anilines is 1. The first-order chi connectivity index (χ1) is 9.93. The molecule has 3 nitrogen and oxygen atoms in total. The van der Waals surface area contributed by atoms with E-state index in [1.807, 2.05) is 6.92 Å². The number of ether oxygens (including phenoxy) is 1. The Morgan fingerprint density at radius 1 is 1.29 bits per heavy atom. The van der Waals surface area contributed by atoms with E-state index in [2.05, 4.69) is 38.1 Å². The molecule has 0 spiro atoms. The van der Waals surface area contributed by atoms with E-state index in [0.717, 1.165) is 22.4 Å². The van der Waals surface area contributed by atoms with Gasteiger partial charge in [-0.05, 0) is 30.4 Å². The maximum absolute atomic E-state index is 12.0. The number of hydrogen-bond donors (Lipinski definition) is 1. The average Bonchev–Trinajstić information content (AvgIpc) is 2.73. The molecule has 4 heteroatoms. The monoisotopic (exact) mass is 303 g/mol. The molecule has 1 aromatic carbocycles. The van der Waals surface area contributed by atoms with Gasteiger partial charge in [0.2, 0.25) is 0 Å². The van der Waals surface area contributed by atoms with Gasteiger partial charge in [-0.1, -0.05) is 38.1 Å². The molecular formula is C17H21NO2S. The zero-order valence-electron chi connectivity index (χ0n) is 12.9. The van der Waals surface area contributed by atoms with E-state index in [4.69, 9.17) is 10.5 Å². The highest BCUT2D eigenvalue weighted by molar-refractivity contribution is 7.16. The fraction of sp³-hybridized carbons (Fsp3) is 0.353. The van der Waals surface area contributed by atoms with Crippen LogP contribution in [0.3, 0.4) is 0 Å². The minimum atomic E-state index is -0.377. The molecule has 0 amide bonds. The summed E-state index contributed by atoms with van der Waals surface area (Å²) in [7, 11) is 1.38. The van der Waals surface area contributed by atoms with Crippen LogP contribution in [0.15, 0.2) is 24.3 Å². The molecule has 0 fully saturated rings. The summed E-state index contributed by atoms with van der Waals surface area (Å²) in [6, 6.07) is 8.34. The topological polar surface area (TPSA) is 52.3 Å². The number of esters is 1. The second kappa shape index (κ2) is 6.31. The minimum Gasteiger partial charge on any atom is -0.465 e. The molecular weight excluding hydrogens is 282 g/mol. The zero-order chi connectivity index (χ0) is 15.6. The predicted octanol–water partition coefficient (Wildman–Crippen LogP) is 4.29. The SMILES string of the molecule is COC(=O)c1c(N)sc(C)c1-c1ccc(CC(C)C)cc1. The number of carbonyl (C=O) groups is 1. The number of aryl methyl sites for hydroxylation is 1. The summed E-state index contributed by atoms with van der Waals surface area (Å²) in [6.07, 6.45) is 1.05. The smallest absolute Gasteiger partial charge is 0.341 e. The Balaban J connectivity index is 2.44. The molecule has 0 radical (unpaired) electrons. The van der Waals surface area contributed by atoms with Gasteiger partial charge >= 0.3 is 5.97 Å². The van der Waals surface area contributed by atoms with Crippen molar-refractivity contribution in [2.75, 3.05) is 12.8 Å². The molecule has 0 bridgehead atoms. The highest BCUT2D eigenvalue weighted by atomic mass is 32.1. The second-order valence-corrected chi connectivity index (χ2v) is 6.82. The van der Waals surface area contributed by atoms with E-state index < -0.39 is 0 Å². The van der Waals surface area contributed by atoms with Crippen molar-refractivity contribution in [1.29, 1.82) is 0 Å². The van der Waals surface area contributed by atoms with E-state index >= 15 is 0 Å². The molecule has 0 atom stereocenters. The van der Waals surface area contributed by atoms with Crippen LogP contribution in [-0.2, 0) is 11.2 Å². The second-order valence-electron chi connectivity index (χ2n) is 5.56. The van der Waals surface area contributed by atoms with Gasteiger partial charge in [-0.3, -0.25) is 0 Å². The van der Waals surface area contributed by atoms with Crippen LogP contribution < -0.4 is 5.73 Å². The molecule has 2 aromatic rings. The summed E-state index contributed by atoms with van der Waals surface area (Å²) in [5, 5.41) is 0.514. The third-order valence-electron chi connectivity index (χ3n) is 3.39. The van der Waals surface area contributed by atoms with E-state index in [1.165, 1.54) is 24.0 Å². The summed E-state index contributed by atoms with van der Waals surface area (Å²) in [6.45, 7) is 6.38. The Labute approximate surface area is 129 Å². The standard InChI is InChI=1S/C17H21NO2S/c1-10(2)9-12-5-7-13(8-6-12)14-11(3)21-16(18)15(14)17(19)20-4/h5-8,10H,9,18H2,1-4H3. The van der Waals surface area contributed by atoms with Crippen LogP contribution in [-0.4, -0.2) is 13.1 Å². The van der Waals surface area contributed by atoms with Crippen molar-refractivity contribution in [1.82, 2.24) is 0 Å². The lowest BCUT2D eigenvalue weighted by molar-refractivity contribution is 0.0603. The average molecular weight is 303 g/mol. The highest BCUT2D eigenvalue weighted by Gasteiger charge is 2.22. The third-order valence-corrected chi connectivity index (χ3v) is 4.32. The number of carbonyl (C=O) groups excluding carboxylic acids is 1. The maximum atomic E-state index is 12.0. The van der Waals surface area contributed by atoms with Crippen LogP contribution in [0.1, 0.15) is 34.6 Å². The van der Waals surface area contributed by atoms with E-state index in [1.54, 1.807) is 0 Å². The van der Waals surface area contributed by atoms with Crippen molar-refractivity contribution in [3.05, 3.63) is 40.3 Å². The predicted molar refractivity (Wildman–Crippen MR) is 88.8 cm³/mol. The van der Waals surface area contributed by atoms with Gasteiger partial charge in [0.15, 0.2) is 0 Å². The summed E-state index contributed by atoms with van der Waals surface area (Å²) in [4.78, 5) is 13.0. The Morgan fingerprint density at radius 2 is 1.90 bits per heavy atom. The normalized spacial score (nSPS) is 10.9. The summed E-state index contributed by atoms with van der Waals surface area (Å²) >= 11 is 1.43. The molecule has 2 N–H and O–H groups in total. The summed E-state index contributed by atoms with van der Waals surface area (Å²) < 4.78 is 4.86. The fourth-order valence-electron chi connectivity index (χ4n) is 2.50. The zero-order valence-corrected chi connectivity index (χ0v) is 13.7. The van der Waals surface area contributed by atoms with Gasteiger partial charge in [0, 0.05) is 10.4 Å². The van der Waals surface area contributed by atoms with Crippen molar-refractivity contribution in [3.8, 4) is 11.1 Å². The lowest BCUT2D eigenvalue weighted by Crippen LogP contribution is -2.04. The molecule has 1 heterocycles. The first-order valence-corrected chi connectivity index (χ1v) is 7.82. The number of nitrogen functional groups attached to an aromatic ring is 1. The Kier molecular flexibility index (Phi) is 4.68. The van der Waals surface area contributed by atoms with Gasteiger partial charge in [0.05, 0.1) is 7.11 Å². The Morgan fingerprint density at radius 3 is 2.43 bits per heavy atom. The van der Waals surface area contributed by atoms with Crippen molar-refractivity contribution in [2.24, 2.45) is 5.92 Å². The molecule has 0 saturated heterocycles. The minimum absolute atomic E-state index is 0.377. The van der Waals surface area contributed by atoms with Gasteiger partial charge in [-0.2, -0.15) is 0 Å². The van der Waals surface area contributed by atoms with Gasteiger partial charge in [-0.25, -0.2) is 4.79 Å². The maximum Gasteiger partial charge on any atom is 0.341 e. The highest BCUT2D eigenvalue weighted by Crippen LogP contribution is 2.38. The number of benzene rings is 1. The van der Waals surface area contributed by atoms with E-state index in [9.17, 15) is 4.79 Å². The summed E-state index contributed by atoms with van der Waals surface area (Å²) in [5.74, 6) is 0.248. The van der Waals surface area contributed by atoms with Crippen LogP contribution >= 0.6 is 11.3 Å². The van der Waals surface area contributed by atoms with Crippen molar-refractivity contribution in [2.45, 2.75) is 27.2 Å². The molecule has 0 aliphatic heterocycles. The number of hydrogen-bond acceptors (Lipinski definition) is 4. The van der Waals surface area contributed by atoms with Crippen LogP contribution in [0, 0.1) is 12.8 Å². The van der Waals surface area contributed by atoms with Crippen LogP contribution in [0.2, 0.25) is 0 Å². The number of nitrogens with two attached hydrogens (primary N) is 1. The van der Waals surface area contributed by atoms with Crippen molar-refractivity contribution < 1.29 is 9.53 Å². The molecule has 0 unspecified atom stereocenters. The first-order valence-electron chi connectivity index (χ1n) is 7.00. The Hall–Kier alpha value is -1.81. The van der Waals surface area contributed by atoms with Gasteiger partial charge < -0.3 is 10.5 Å². The summed E-state index contributed by atoms with van der Waals surface area (Å²) in [5.41, 5.74) is 9.65. The van der Waals surface area contributed by atoms with Crippen LogP contribution in [0.5, 0.6) is 0 Å². The van der Waals surface area contributed by atoms with Crippen LogP contribution in [0.4, 0.5) is 5.00 Å². The number of rotatable bonds is 4. The molecule has 112 valence electrons. The van der Waals surface area contributed by atoms with Gasteiger partial charge in [-0.15, -0.1) is 11.3 Å². The molecule has 0 saturated carbocycles. The van der Waals surface area contributed by atoms with Crippen molar-refractivity contribution in [3.63, 3.8) is 0 Å². The van der Waals surface area contributed by atoms with Gasteiger partial charge in [0.1, 0.15) is 10.6 Å². The lowest BCUT2D eigenvalue weighted by Gasteiger charge is -2.08. The fourth-order valence-corrected chi connectivity index (χ4v) is 3.44. The largest absolute Gasteiger partial charge is 0.465 e. The molecule has 1 aromatic heterocycles. The first kappa shape index (κ1) is 15.6. The quantitative estimate of drug-likeness (QED) is 0.857. The number of thiophene rings is 1. The van der Waals surface area contributed by atoms with E-state index in [-0.39, 0.29) is 5.97 Å². The van der Waals surface area contributed by atoms with Gasteiger partial charge in [0.25, 0.3) is 0 Å². The van der Waals surface area contributed by atoms with Crippen molar-refractivity contribution >= 4 is 22.3 Å². The lowest BCUT2D eigenvalue weighted by atomic mass is 9.97. The Bertz CT molecular complexity index is 642. The molecule has 0 aliphatic rings. The third kappa shape index (κ3) is 3.27. The molecule has 0 aliphatic carbocycles. The molecule has 2 rings (SSSR count). The van der Waals surface area contributed by atoms with Crippen LogP contribution in [0.25, 0.3) is 11.1 Å². The molecule has 21 heavy (non-hydrogen) atoms. The van der Waals surface area contributed by atoms with E-state index in [0.29, 0.717) is 16.5 Å². The number of methoxy groups -OCH3 is 1.